The number of ether oxygens (including phenoxy) is 3. The highest BCUT2D eigenvalue weighted by molar-refractivity contribution is 5.44. The maximum atomic E-state index is 12.1. The van der Waals surface area contributed by atoms with Crippen molar-refractivity contribution in [1.82, 2.24) is 9.55 Å². The van der Waals surface area contributed by atoms with E-state index in [0.717, 1.165) is 0 Å². The van der Waals surface area contributed by atoms with E-state index in [1.165, 1.54) is 23.9 Å². The van der Waals surface area contributed by atoms with Crippen molar-refractivity contribution in [2.75, 3.05) is 20.5 Å². The van der Waals surface area contributed by atoms with E-state index in [0.29, 0.717) is 16.7 Å². The lowest BCUT2D eigenvalue weighted by molar-refractivity contribution is -0.386. The van der Waals surface area contributed by atoms with E-state index in [4.69, 9.17) is 19.9 Å². The van der Waals surface area contributed by atoms with Gasteiger partial charge in [0, 0.05) is 31.5 Å². The van der Waals surface area contributed by atoms with Crippen molar-refractivity contribution in [2.24, 2.45) is 5.73 Å². The van der Waals surface area contributed by atoms with Crippen LogP contribution in [0.15, 0.2) is 34.0 Å². The van der Waals surface area contributed by atoms with Gasteiger partial charge in [-0.05, 0) is 25.5 Å². The van der Waals surface area contributed by atoms with E-state index >= 15 is 0 Å². The zero-order valence-electron chi connectivity index (χ0n) is 18.1. The number of aryl methyl sites for hydroxylation is 1. The van der Waals surface area contributed by atoms with Crippen LogP contribution < -0.4 is 17.0 Å². The molecule has 0 saturated carbocycles. The zero-order chi connectivity index (χ0) is 23.8. The number of aliphatic hydroxyl groups excluding tert-OH is 1. The molecule has 1 aromatic carbocycles. The van der Waals surface area contributed by atoms with Crippen molar-refractivity contribution < 1.29 is 24.2 Å². The van der Waals surface area contributed by atoms with Crippen molar-refractivity contribution in [2.45, 2.75) is 45.2 Å². The Labute approximate surface area is 183 Å². The number of aromatic amines is 1. The highest BCUT2D eigenvalue weighted by Gasteiger charge is 2.25. The molecule has 1 heterocycles. The third-order valence-corrected chi connectivity index (χ3v) is 5.03. The Kier molecular flexibility index (Phi) is 9.23. The molecular weight excluding hydrogens is 424 g/mol. The number of rotatable bonds is 12. The molecular formula is C20H28N4O8. The Balaban J connectivity index is 2.15. The van der Waals surface area contributed by atoms with E-state index in [9.17, 15) is 24.8 Å². The van der Waals surface area contributed by atoms with Gasteiger partial charge in [-0.1, -0.05) is 6.07 Å². The molecule has 0 aliphatic rings. The van der Waals surface area contributed by atoms with E-state index in [1.54, 1.807) is 26.0 Å². The van der Waals surface area contributed by atoms with Crippen LogP contribution in [0.1, 0.15) is 29.7 Å². The van der Waals surface area contributed by atoms with Crippen LogP contribution in [0.2, 0.25) is 0 Å². The molecule has 32 heavy (non-hydrogen) atoms. The van der Waals surface area contributed by atoms with E-state index < -0.39 is 41.1 Å². The van der Waals surface area contributed by atoms with Gasteiger partial charge in [-0.3, -0.25) is 24.5 Å². The number of methoxy groups -OCH3 is 1. The van der Waals surface area contributed by atoms with Gasteiger partial charge in [0.05, 0.1) is 29.7 Å². The SMILES string of the molecule is COC(CO)C(Cn1cc(C)c(=O)[nH]c1=O)OCOC(C)c1cc(CN)ccc1[N+](=O)[O-]. The number of aliphatic hydroxyl groups is 1. The first-order valence-electron chi connectivity index (χ1n) is 9.86. The first kappa shape index (κ1) is 25.4. The predicted molar refractivity (Wildman–Crippen MR) is 114 cm³/mol. The molecule has 0 saturated heterocycles. The lowest BCUT2D eigenvalue weighted by Crippen LogP contribution is -2.42. The molecule has 12 heteroatoms. The van der Waals surface area contributed by atoms with Gasteiger partial charge in [0.25, 0.3) is 11.2 Å². The third-order valence-electron chi connectivity index (χ3n) is 5.03. The molecule has 3 unspecified atom stereocenters. The van der Waals surface area contributed by atoms with Gasteiger partial charge in [0.15, 0.2) is 0 Å². The van der Waals surface area contributed by atoms with Crippen molar-refractivity contribution in [1.29, 1.82) is 0 Å². The van der Waals surface area contributed by atoms with E-state index in [-0.39, 0.29) is 25.6 Å². The number of nitrogens with two attached hydrogens (primary N) is 1. The highest BCUT2D eigenvalue weighted by atomic mass is 16.7. The quantitative estimate of drug-likeness (QED) is 0.233. The first-order valence-corrected chi connectivity index (χ1v) is 9.86. The average molecular weight is 452 g/mol. The van der Waals surface area contributed by atoms with Crippen molar-refractivity contribution in [3.63, 3.8) is 0 Å². The summed E-state index contributed by atoms with van der Waals surface area (Å²) in [6.45, 7) is 2.69. The summed E-state index contributed by atoms with van der Waals surface area (Å²) in [5.74, 6) is 0. The first-order chi connectivity index (χ1) is 15.2. The number of aromatic nitrogens is 2. The number of nitrogens with one attached hydrogen (secondary N) is 1. The van der Waals surface area contributed by atoms with Crippen LogP contribution >= 0.6 is 0 Å². The number of hydrogen-bond donors (Lipinski definition) is 3. The number of nitro groups is 1. The second-order valence-corrected chi connectivity index (χ2v) is 7.17. The summed E-state index contributed by atoms with van der Waals surface area (Å²) in [5.41, 5.74) is 5.79. The monoisotopic (exact) mass is 452 g/mol. The summed E-state index contributed by atoms with van der Waals surface area (Å²) in [6.07, 6.45) is -0.920. The highest BCUT2D eigenvalue weighted by Crippen LogP contribution is 2.28. The Morgan fingerprint density at radius 1 is 1.28 bits per heavy atom. The molecule has 0 fully saturated rings. The van der Waals surface area contributed by atoms with Gasteiger partial charge >= 0.3 is 5.69 Å². The van der Waals surface area contributed by atoms with Gasteiger partial charge in [0.1, 0.15) is 19.0 Å². The van der Waals surface area contributed by atoms with Gasteiger partial charge in [0.2, 0.25) is 0 Å². The summed E-state index contributed by atoms with van der Waals surface area (Å²) in [6, 6.07) is 4.56. The van der Waals surface area contributed by atoms with Crippen LogP contribution in [0.4, 0.5) is 5.69 Å². The fourth-order valence-corrected chi connectivity index (χ4v) is 3.11. The van der Waals surface area contributed by atoms with Gasteiger partial charge in [-0.25, -0.2) is 4.79 Å². The largest absolute Gasteiger partial charge is 0.394 e. The van der Waals surface area contributed by atoms with E-state index in [2.05, 4.69) is 4.98 Å². The molecule has 176 valence electrons. The maximum absolute atomic E-state index is 12.1. The van der Waals surface area contributed by atoms with Crippen molar-refractivity contribution in [3.8, 4) is 0 Å². The average Bonchev–Trinajstić information content (AvgIpc) is 2.77. The minimum absolute atomic E-state index is 0.0317. The van der Waals surface area contributed by atoms with E-state index in [1.807, 2.05) is 0 Å². The van der Waals surface area contributed by atoms with Crippen LogP contribution in [0.25, 0.3) is 0 Å². The summed E-state index contributed by atoms with van der Waals surface area (Å²) >= 11 is 0. The number of benzene rings is 1. The summed E-state index contributed by atoms with van der Waals surface area (Å²) in [7, 11) is 1.38. The molecule has 4 N–H and O–H groups in total. The number of hydrogen-bond acceptors (Lipinski definition) is 9. The van der Waals surface area contributed by atoms with Crippen LogP contribution in [-0.4, -0.2) is 52.3 Å². The molecule has 0 radical (unpaired) electrons. The minimum Gasteiger partial charge on any atom is -0.394 e. The number of H-pyrrole nitrogens is 1. The lowest BCUT2D eigenvalue weighted by Gasteiger charge is -2.26. The number of nitro benzene ring substituents is 1. The molecule has 0 aliphatic carbocycles. The topological polar surface area (TPSA) is 172 Å². The summed E-state index contributed by atoms with van der Waals surface area (Å²) < 4.78 is 17.8. The Morgan fingerprint density at radius 2 is 2.00 bits per heavy atom. The van der Waals surface area contributed by atoms with Gasteiger partial charge < -0.3 is 25.1 Å². The molecule has 2 rings (SSSR count). The Hall–Kier alpha value is -2.90. The second-order valence-electron chi connectivity index (χ2n) is 7.17. The van der Waals surface area contributed by atoms with Crippen molar-refractivity contribution in [3.05, 3.63) is 72.0 Å². The third kappa shape index (κ3) is 6.31. The van der Waals surface area contributed by atoms with Crippen LogP contribution in [-0.2, 0) is 27.3 Å². The lowest BCUT2D eigenvalue weighted by atomic mass is 10.0. The van der Waals surface area contributed by atoms with Crippen molar-refractivity contribution >= 4 is 5.69 Å². The molecule has 0 spiro atoms. The van der Waals surface area contributed by atoms with Crippen LogP contribution in [0.3, 0.4) is 0 Å². The molecule has 0 aliphatic heterocycles. The second kappa shape index (κ2) is 11.6. The molecule has 2 aromatic rings. The molecule has 1 aromatic heterocycles. The van der Waals surface area contributed by atoms with Gasteiger partial charge in [-0.2, -0.15) is 0 Å². The normalized spacial score (nSPS) is 14.2. The molecule has 3 atom stereocenters. The summed E-state index contributed by atoms with van der Waals surface area (Å²) in [5, 5.41) is 21.0. The zero-order valence-corrected chi connectivity index (χ0v) is 18.1. The van der Waals surface area contributed by atoms with Crippen LogP contribution in [0.5, 0.6) is 0 Å². The smallest absolute Gasteiger partial charge is 0.328 e. The predicted octanol–water partition coefficient (Wildman–Crippen LogP) is 0.340. The molecule has 0 amide bonds. The summed E-state index contributed by atoms with van der Waals surface area (Å²) in [4.78, 5) is 36.7. The molecule has 12 nitrogen and oxygen atoms in total. The van der Waals surface area contributed by atoms with Gasteiger partial charge in [-0.15, -0.1) is 0 Å². The molecule has 0 bridgehead atoms. The fourth-order valence-electron chi connectivity index (χ4n) is 3.11. The van der Waals surface area contributed by atoms with Crippen LogP contribution in [0, 0.1) is 17.0 Å². The standard InChI is InChI=1S/C20H28N4O8/c1-12-8-23(20(27)22-19(12)26)9-17(18(10-25)30-3)32-11-31-13(2)15-6-14(7-21)4-5-16(15)24(28)29/h4-6,8,13,17-18,25H,7,9-11,21H2,1-3H3,(H,22,26,27). The Morgan fingerprint density at radius 3 is 2.59 bits per heavy atom. The fraction of sp³-hybridized carbons (Fsp3) is 0.500. The maximum Gasteiger partial charge on any atom is 0.328 e. The number of nitrogens with zero attached hydrogens (tertiary/aromatic N) is 2. The minimum atomic E-state index is -0.814. The Bertz CT molecular complexity index is 1030.